The number of unbranched alkanes of at least 4 members (excludes halogenated alkanes) is 3. The Kier molecular flexibility index (Phi) is 22.3. The fourth-order valence-electron chi connectivity index (χ4n) is 12.0. The van der Waals surface area contributed by atoms with Crippen molar-refractivity contribution >= 4 is 81.7 Å². The fourth-order valence-corrected chi connectivity index (χ4v) is 14.2. The van der Waals surface area contributed by atoms with Crippen LogP contribution in [0.25, 0.3) is 20.5 Å². The lowest BCUT2D eigenvalue weighted by Gasteiger charge is -2.43. The van der Waals surface area contributed by atoms with Crippen LogP contribution in [-0.2, 0) is 56.7 Å². The minimum Gasteiger partial charge on any atom is -0.484 e. The number of morpholine rings is 1. The number of thiazole rings is 1. The molecule has 0 spiro atoms. The van der Waals surface area contributed by atoms with Crippen molar-refractivity contribution in [3.05, 3.63) is 141 Å². The number of alkyl halides is 2. The number of β-amino-alcohol motifs (C(OH)–C–C–N with tert-alkyl or cyclic N) is 1. The number of rotatable bonds is 23. The molecule has 0 bridgehead atoms. The molecule has 7 amide bonds. The highest BCUT2D eigenvalue weighted by atomic mass is 32.1. The summed E-state index contributed by atoms with van der Waals surface area (Å²) in [7, 11) is -5.88. The maximum Gasteiger partial charge on any atom is 0.399 e. The second-order valence-corrected chi connectivity index (χ2v) is 30.2. The van der Waals surface area contributed by atoms with Crippen LogP contribution in [0.4, 0.5) is 8.78 Å². The zero-order valence-electron chi connectivity index (χ0n) is 54.0. The molecule has 0 radical (unpaired) electrons. The summed E-state index contributed by atoms with van der Waals surface area (Å²) >= 11 is 2.50. The SMILES string of the molecule is Cc1ncsc1-c1ccc([C@H](C)NC(=O)[C@@H]2C[C@@H](O)CN2C(=O)C(NC(=O)CCCCCCNC(=O)COc2ccc3c(c2)CN(C(=O)C(NC(=O)c2cc4cc(C(F)(F)P(=O)(O)O)ccc4s2)C(C)(C)C)C(C(=O)N2CCOC(c4ccccc4)C2)C3)C(C)(C)C)cc1. The van der Waals surface area contributed by atoms with Crippen molar-refractivity contribution in [1.29, 1.82) is 0 Å². The van der Waals surface area contributed by atoms with Gasteiger partial charge in [-0.2, -0.15) is 8.78 Å². The predicted octanol–water partition coefficient (Wildman–Crippen LogP) is 9.07. The third kappa shape index (κ3) is 16.9. The molecule has 7 N–H and O–H groups in total. The van der Waals surface area contributed by atoms with Crippen molar-refractivity contribution in [3.8, 4) is 16.2 Å². The molecule has 21 nitrogen and oxygen atoms in total. The summed E-state index contributed by atoms with van der Waals surface area (Å²) in [4.78, 5) is 127. The Bertz CT molecular complexity index is 3800. The van der Waals surface area contributed by atoms with E-state index in [2.05, 4.69) is 26.3 Å². The summed E-state index contributed by atoms with van der Waals surface area (Å²) in [6.07, 6.45) is 1.46. The minimum absolute atomic E-state index is 0.0451. The van der Waals surface area contributed by atoms with Crippen molar-refractivity contribution in [2.45, 2.75) is 155 Å². The van der Waals surface area contributed by atoms with Gasteiger partial charge in [0.25, 0.3) is 11.8 Å². The number of thiophene rings is 1. The monoisotopic (exact) mass is 1350 g/mol. The lowest BCUT2D eigenvalue weighted by atomic mass is 9.84. The van der Waals surface area contributed by atoms with Gasteiger partial charge in [-0.1, -0.05) is 121 Å². The molecule has 2 aromatic heterocycles. The summed E-state index contributed by atoms with van der Waals surface area (Å²) in [5.41, 5.74) is -0.141. The second-order valence-electron chi connectivity index (χ2n) is 26.6. The van der Waals surface area contributed by atoms with Crippen LogP contribution < -0.4 is 26.0 Å². The number of benzene rings is 4. The average molecular weight is 1350 g/mol. The Morgan fingerprint density at radius 1 is 0.787 bits per heavy atom. The number of ether oxygens (including phenoxy) is 2. The maximum atomic E-state index is 15.2. The molecule has 7 atom stereocenters. The number of amides is 7. The van der Waals surface area contributed by atoms with E-state index in [4.69, 9.17) is 9.47 Å². The molecule has 5 heterocycles. The molecule has 94 heavy (non-hydrogen) atoms. The summed E-state index contributed by atoms with van der Waals surface area (Å²) in [5.74, 6) is -2.81. The van der Waals surface area contributed by atoms with Gasteiger partial charge < -0.3 is 60.3 Å². The summed E-state index contributed by atoms with van der Waals surface area (Å²) in [6, 6.07) is 22.4. The molecule has 4 unspecified atom stereocenters. The lowest BCUT2D eigenvalue weighted by Crippen LogP contribution is -2.61. The molecule has 0 aliphatic carbocycles. The number of nitrogens with zero attached hydrogens (tertiary/aromatic N) is 4. The van der Waals surface area contributed by atoms with Gasteiger partial charge in [-0.05, 0) is 101 Å². The largest absolute Gasteiger partial charge is 0.484 e. The predicted molar refractivity (Wildman–Crippen MR) is 353 cm³/mol. The van der Waals surface area contributed by atoms with Gasteiger partial charge in [-0.3, -0.25) is 38.1 Å². The van der Waals surface area contributed by atoms with E-state index in [-0.39, 0.29) is 92.7 Å². The fraction of sp³-hybridized carbons (Fsp3) is 0.471. The van der Waals surface area contributed by atoms with Crippen molar-refractivity contribution in [2.75, 3.05) is 39.4 Å². The number of carbonyl (C=O) groups excluding carboxylic acids is 7. The highest BCUT2D eigenvalue weighted by Crippen LogP contribution is 2.59. The standard InChI is InChI=1S/C68H83F2N8O13PS2/c1-40(42-19-21-44(22-20-42)58-41(2)72-39-93-58)73-61(82)51-34-49(79)36-78(51)64(85)59(66(3,4)5)74-56(80)18-14-9-10-15-27-71-57(81)38-91-50-25-23-45-32-52(63(84)76-28-29-90-53(37-76)43-16-12-11-13-17-43)77(35-47(45)31-50)65(86)60(67(6,7)8)75-62(83)55-33-46-30-48(24-26-54(46)94-55)68(69,70)92(87,88)89/h11-13,16-17,19-26,30-31,33,39-40,49,51-53,59-60,79H,9-10,14-15,18,27-29,32,34-38H2,1-8H3,(H,71,81)(H,73,82)(H,74,80)(H,75,83)(H2,87,88,89)/t40-,49+,51-,52?,53?,59?,60?/m0/s1. The van der Waals surface area contributed by atoms with Crippen LogP contribution in [0.15, 0.2) is 103 Å². The highest BCUT2D eigenvalue weighted by Gasteiger charge is 2.51. The van der Waals surface area contributed by atoms with E-state index in [1.54, 1.807) is 60.7 Å². The summed E-state index contributed by atoms with van der Waals surface area (Å²) in [6.45, 7) is 15.2. The topological polar surface area (TPSA) is 286 Å². The zero-order valence-corrected chi connectivity index (χ0v) is 56.5. The number of fused-ring (bicyclic) bond motifs is 2. The first-order valence-corrected chi connectivity index (χ1v) is 34.8. The Hall–Kier alpha value is -7.51. The quantitative estimate of drug-likeness (QED) is 0.0233. The molecule has 6 aromatic rings. The van der Waals surface area contributed by atoms with Crippen molar-refractivity contribution in [2.24, 2.45) is 10.8 Å². The number of nitrogens with one attached hydrogen (secondary N) is 4. The third-order valence-corrected chi connectivity index (χ3v) is 20.4. The van der Waals surface area contributed by atoms with Gasteiger partial charge >= 0.3 is 13.3 Å². The first-order chi connectivity index (χ1) is 44.4. The van der Waals surface area contributed by atoms with Gasteiger partial charge in [-0.25, -0.2) is 4.98 Å². The van der Waals surface area contributed by atoms with Crippen LogP contribution in [0.1, 0.15) is 142 Å². The number of aryl methyl sites for hydroxylation is 1. The Labute approximate surface area is 553 Å². The van der Waals surface area contributed by atoms with Crippen LogP contribution in [-0.4, -0.2) is 146 Å². The van der Waals surface area contributed by atoms with E-state index in [1.807, 2.05) is 89.2 Å². The third-order valence-electron chi connectivity index (χ3n) is 17.4. The lowest BCUT2D eigenvalue weighted by molar-refractivity contribution is -0.153. The maximum absolute atomic E-state index is 15.2. The van der Waals surface area contributed by atoms with Crippen LogP contribution in [0, 0.1) is 17.8 Å². The van der Waals surface area contributed by atoms with E-state index in [0.717, 1.165) is 56.3 Å². The van der Waals surface area contributed by atoms with Crippen LogP contribution >= 0.6 is 30.3 Å². The van der Waals surface area contributed by atoms with Crippen molar-refractivity contribution in [1.82, 2.24) is 41.0 Å². The van der Waals surface area contributed by atoms with Gasteiger partial charge in [0, 0.05) is 55.7 Å². The number of carbonyl (C=O) groups is 7. The molecule has 0 saturated carbocycles. The smallest absolute Gasteiger partial charge is 0.399 e. The van der Waals surface area contributed by atoms with E-state index < -0.39 is 89.7 Å². The first-order valence-electron chi connectivity index (χ1n) is 31.5. The molecular formula is C68H83F2N8O13PS2. The number of hydrogen-bond donors (Lipinski definition) is 7. The average Bonchev–Trinajstić information content (AvgIpc) is 1.21. The zero-order chi connectivity index (χ0) is 68.0. The van der Waals surface area contributed by atoms with Gasteiger partial charge in [0.2, 0.25) is 29.5 Å². The van der Waals surface area contributed by atoms with Crippen molar-refractivity contribution in [3.63, 3.8) is 0 Å². The molecule has 3 aliphatic rings. The molecule has 4 aromatic carbocycles. The molecule has 2 saturated heterocycles. The van der Waals surface area contributed by atoms with E-state index in [0.29, 0.717) is 48.2 Å². The van der Waals surface area contributed by atoms with Crippen LogP contribution in [0.3, 0.4) is 0 Å². The Balaban J connectivity index is 0.771. The normalized spacial score (nSPS) is 18.8. The minimum atomic E-state index is -5.88. The number of aromatic nitrogens is 1. The summed E-state index contributed by atoms with van der Waals surface area (Å²) < 4.78 is 53.5. The van der Waals surface area contributed by atoms with E-state index in [9.17, 15) is 57.0 Å². The Morgan fingerprint density at radius 2 is 1.48 bits per heavy atom. The van der Waals surface area contributed by atoms with Crippen LogP contribution in [0.2, 0.25) is 0 Å². The number of aliphatic hydroxyl groups excluding tert-OH is 1. The number of likely N-dealkylation sites (tertiary alicyclic amines) is 1. The molecule has 3 aliphatic heterocycles. The van der Waals surface area contributed by atoms with Crippen LogP contribution in [0.5, 0.6) is 5.75 Å². The van der Waals surface area contributed by atoms with Gasteiger partial charge in [-0.15, -0.1) is 22.7 Å². The molecule has 504 valence electrons. The second kappa shape index (κ2) is 29.6. The molecule has 2 fully saturated rings. The van der Waals surface area contributed by atoms with Crippen molar-refractivity contribution < 1.29 is 71.3 Å². The summed E-state index contributed by atoms with van der Waals surface area (Å²) in [5, 5.41) is 22.5. The number of halogens is 2. The van der Waals surface area contributed by atoms with Gasteiger partial charge in [0.05, 0.1) is 46.3 Å². The highest BCUT2D eigenvalue weighted by molar-refractivity contribution is 7.52. The van der Waals surface area contributed by atoms with Gasteiger partial charge in [0.15, 0.2) is 6.61 Å². The first kappa shape index (κ1) is 70.8. The number of hydrogen-bond acceptors (Lipinski definition) is 14. The molecule has 9 rings (SSSR count). The van der Waals surface area contributed by atoms with E-state index in [1.165, 1.54) is 21.9 Å². The Morgan fingerprint density at radius 3 is 2.16 bits per heavy atom. The van der Waals surface area contributed by atoms with E-state index >= 15 is 4.79 Å². The molecule has 26 heteroatoms. The van der Waals surface area contributed by atoms with Gasteiger partial charge in [0.1, 0.15) is 36.0 Å². The molecular weight excluding hydrogens is 1270 g/mol. The number of aliphatic hydroxyl groups is 1.